The van der Waals surface area contributed by atoms with Crippen LogP contribution < -0.4 is 5.32 Å². The Labute approximate surface area is 127 Å². The first-order valence-electron chi connectivity index (χ1n) is 7.00. The number of rotatable bonds is 5. The molecule has 20 heavy (non-hydrogen) atoms. The Bertz CT molecular complexity index is 616. The number of aryl methyl sites for hydroxylation is 2. The molecular weight excluding hydrogens is 316 g/mol. The molecule has 106 valence electrons. The van der Waals surface area contributed by atoms with E-state index in [4.69, 9.17) is 0 Å². The number of nitrogens with zero attached hydrogens (tertiary/aromatic N) is 3. The molecule has 1 fully saturated rings. The minimum absolute atomic E-state index is 0.745. The molecule has 2 aromatic rings. The van der Waals surface area contributed by atoms with Gasteiger partial charge >= 0.3 is 0 Å². The van der Waals surface area contributed by atoms with E-state index in [0.717, 1.165) is 35.3 Å². The Balaban J connectivity index is 1.71. The van der Waals surface area contributed by atoms with Gasteiger partial charge in [-0.25, -0.2) is 9.67 Å². The van der Waals surface area contributed by atoms with Crippen LogP contribution in [0.3, 0.4) is 0 Å². The van der Waals surface area contributed by atoms with Gasteiger partial charge in [0.15, 0.2) is 0 Å². The molecule has 3 rings (SSSR count). The first kappa shape index (κ1) is 13.8. The van der Waals surface area contributed by atoms with E-state index in [9.17, 15) is 0 Å². The van der Waals surface area contributed by atoms with Crippen molar-refractivity contribution in [3.05, 3.63) is 45.4 Å². The fourth-order valence-corrected chi connectivity index (χ4v) is 2.80. The van der Waals surface area contributed by atoms with E-state index < -0.39 is 0 Å². The summed E-state index contributed by atoms with van der Waals surface area (Å²) in [7, 11) is 0. The van der Waals surface area contributed by atoms with Crippen LogP contribution in [0.15, 0.2) is 22.7 Å². The van der Waals surface area contributed by atoms with Crippen molar-refractivity contribution < 1.29 is 0 Å². The van der Waals surface area contributed by atoms with Crippen LogP contribution >= 0.6 is 15.9 Å². The lowest BCUT2D eigenvalue weighted by Gasteiger charge is -2.09. The molecule has 0 saturated heterocycles. The van der Waals surface area contributed by atoms with E-state index in [1.165, 1.54) is 24.0 Å². The average molecular weight is 335 g/mol. The summed E-state index contributed by atoms with van der Waals surface area (Å²) in [4.78, 5) is 4.34. The first-order valence-corrected chi connectivity index (χ1v) is 7.80. The molecule has 1 heterocycles. The van der Waals surface area contributed by atoms with Crippen molar-refractivity contribution in [3.63, 3.8) is 0 Å². The third-order valence-electron chi connectivity index (χ3n) is 3.57. The summed E-state index contributed by atoms with van der Waals surface area (Å²) < 4.78 is 3.08. The highest BCUT2D eigenvalue weighted by Gasteiger charge is 2.20. The van der Waals surface area contributed by atoms with Gasteiger partial charge in [0.25, 0.3) is 0 Å². The maximum Gasteiger partial charge on any atom is 0.147 e. The van der Waals surface area contributed by atoms with Crippen LogP contribution in [-0.4, -0.2) is 20.8 Å². The van der Waals surface area contributed by atoms with Gasteiger partial charge in [-0.3, -0.25) is 0 Å². The van der Waals surface area contributed by atoms with Crippen LogP contribution in [0.25, 0.3) is 0 Å². The predicted octanol–water partition coefficient (Wildman–Crippen LogP) is 2.96. The standard InChI is InChI=1S/C15H19BrN4/c1-10-18-11(2)20(19-10)9-13-4-3-12(7-15(13)16)8-17-14-5-6-14/h3-4,7,14,17H,5-6,8-9H2,1-2H3. The molecule has 0 aliphatic heterocycles. The first-order chi connectivity index (χ1) is 9.61. The van der Waals surface area contributed by atoms with E-state index in [1.54, 1.807) is 0 Å². The van der Waals surface area contributed by atoms with Crippen molar-refractivity contribution in [2.75, 3.05) is 0 Å². The van der Waals surface area contributed by atoms with Crippen LogP contribution in [-0.2, 0) is 13.1 Å². The van der Waals surface area contributed by atoms with Gasteiger partial charge in [-0.1, -0.05) is 28.1 Å². The van der Waals surface area contributed by atoms with E-state index in [-0.39, 0.29) is 0 Å². The summed E-state index contributed by atoms with van der Waals surface area (Å²) in [5, 5.41) is 7.94. The Kier molecular flexibility index (Phi) is 3.89. The molecule has 1 saturated carbocycles. The second-order valence-corrected chi connectivity index (χ2v) is 6.30. The highest BCUT2D eigenvalue weighted by molar-refractivity contribution is 9.10. The van der Waals surface area contributed by atoms with Gasteiger partial charge in [0.2, 0.25) is 0 Å². The normalized spacial score (nSPS) is 14.8. The molecule has 1 aromatic carbocycles. The van der Waals surface area contributed by atoms with Crippen LogP contribution in [0.5, 0.6) is 0 Å². The molecule has 1 N–H and O–H groups in total. The highest BCUT2D eigenvalue weighted by atomic mass is 79.9. The number of benzene rings is 1. The molecule has 4 nitrogen and oxygen atoms in total. The summed E-state index contributed by atoms with van der Waals surface area (Å²) in [5.41, 5.74) is 2.55. The second-order valence-electron chi connectivity index (χ2n) is 5.44. The summed E-state index contributed by atoms with van der Waals surface area (Å²) in [6.07, 6.45) is 2.65. The molecule has 0 unspecified atom stereocenters. The van der Waals surface area contributed by atoms with Crippen LogP contribution in [0, 0.1) is 13.8 Å². The third-order valence-corrected chi connectivity index (χ3v) is 4.31. The fourth-order valence-electron chi connectivity index (χ4n) is 2.25. The largest absolute Gasteiger partial charge is 0.310 e. The zero-order chi connectivity index (χ0) is 14.1. The van der Waals surface area contributed by atoms with E-state index >= 15 is 0 Å². The number of halogens is 1. The molecule has 0 spiro atoms. The summed E-state index contributed by atoms with van der Waals surface area (Å²) in [5.74, 6) is 1.78. The summed E-state index contributed by atoms with van der Waals surface area (Å²) in [6.45, 7) is 5.61. The zero-order valence-corrected chi connectivity index (χ0v) is 13.4. The Morgan fingerprint density at radius 2 is 2.15 bits per heavy atom. The highest BCUT2D eigenvalue weighted by Crippen LogP contribution is 2.22. The average Bonchev–Trinajstić information content (AvgIpc) is 3.17. The SMILES string of the molecule is Cc1nc(C)n(Cc2ccc(CNC3CC3)cc2Br)n1. The predicted molar refractivity (Wildman–Crippen MR) is 82.6 cm³/mol. The molecule has 0 amide bonds. The molecule has 5 heteroatoms. The van der Waals surface area contributed by atoms with Crippen LogP contribution in [0.1, 0.15) is 35.6 Å². The van der Waals surface area contributed by atoms with Gasteiger partial charge in [0.1, 0.15) is 11.6 Å². The molecule has 0 radical (unpaired) electrons. The maximum atomic E-state index is 4.41. The topological polar surface area (TPSA) is 42.7 Å². The van der Waals surface area contributed by atoms with Gasteiger partial charge in [-0.15, -0.1) is 0 Å². The molecule has 0 bridgehead atoms. The Morgan fingerprint density at radius 1 is 1.35 bits per heavy atom. The van der Waals surface area contributed by atoms with Gasteiger partial charge in [0.05, 0.1) is 6.54 Å². The second kappa shape index (κ2) is 5.66. The van der Waals surface area contributed by atoms with Gasteiger partial charge in [-0.05, 0) is 43.9 Å². The lowest BCUT2D eigenvalue weighted by atomic mass is 10.1. The minimum atomic E-state index is 0.745. The van der Waals surface area contributed by atoms with Crippen molar-refractivity contribution in [1.82, 2.24) is 20.1 Å². The van der Waals surface area contributed by atoms with Crippen molar-refractivity contribution in [2.24, 2.45) is 0 Å². The number of aromatic nitrogens is 3. The molecule has 1 aromatic heterocycles. The monoisotopic (exact) mass is 334 g/mol. The van der Waals surface area contributed by atoms with E-state index in [0.29, 0.717) is 0 Å². The van der Waals surface area contributed by atoms with Crippen molar-refractivity contribution in [2.45, 2.75) is 45.8 Å². The minimum Gasteiger partial charge on any atom is -0.310 e. The van der Waals surface area contributed by atoms with E-state index in [1.807, 2.05) is 18.5 Å². The Hall–Kier alpha value is -1.20. The molecular formula is C15H19BrN4. The molecule has 1 aliphatic carbocycles. The number of hydrogen-bond acceptors (Lipinski definition) is 3. The van der Waals surface area contributed by atoms with Crippen molar-refractivity contribution >= 4 is 15.9 Å². The smallest absolute Gasteiger partial charge is 0.147 e. The van der Waals surface area contributed by atoms with Crippen LogP contribution in [0.2, 0.25) is 0 Å². The van der Waals surface area contributed by atoms with Crippen LogP contribution in [0.4, 0.5) is 0 Å². The lowest BCUT2D eigenvalue weighted by molar-refractivity contribution is 0.653. The fraction of sp³-hybridized carbons (Fsp3) is 0.467. The maximum absolute atomic E-state index is 4.41. The molecule has 1 aliphatic rings. The van der Waals surface area contributed by atoms with Crippen molar-refractivity contribution in [3.8, 4) is 0 Å². The number of hydrogen-bond donors (Lipinski definition) is 1. The number of nitrogens with one attached hydrogen (secondary N) is 1. The quantitative estimate of drug-likeness (QED) is 0.914. The van der Waals surface area contributed by atoms with Gasteiger partial charge in [0, 0.05) is 17.1 Å². The zero-order valence-electron chi connectivity index (χ0n) is 11.9. The van der Waals surface area contributed by atoms with Gasteiger partial charge < -0.3 is 5.32 Å². The van der Waals surface area contributed by atoms with Crippen molar-refractivity contribution in [1.29, 1.82) is 0 Å². The lowest BCUT2D eigenvalue weighted by Crippen LogP contribution is -2.15. The Morgan fingerprint density at radius 3 is 2.75 bits per heavy atom. The van der Waals surface area contributed by atoms with E-state index in [2.05, 4.69) is 49.5 Å². The van der Waals surface area contributed by atoms with Gasteiger partial charge in [-0.2, -0.15) is 5.10 Å². The summed E-state index contributed by atoms with van der Waals surface area (Å²) >= 11 is 3.67. The summed E-state index contributed by atoms with van der Waals surface area (Å²) in [6, 6.07) is 7.30. The molecule has 0 atom stereocenters. The third kappa shape index (κ3) is 3.27.